The van der Waals surface area contributed by atoms with Gasteiger partial charge in [0.1, 0.15) is 11.6 Å². The number of amides is 1. The second-order valence-electron chi connectivity index (χ2n) is 7.04. The molecule has 2 atom stereocenters. The molecule has 1 amide bonds. The lowest BCUT2D eigenvalue weighted by Crippen LogP contribution is -2.58. The smallest absolute Gasteiger partial charge is 0.260 e. The highest BCUT2D eigenvalue weighted by Gasteiger charge is 2.32. The maximum atomic E-state index is 13.1. The first kappa shape index (κ1) is 19.8. The van der Waals surface area contributed by atoms with E-state index in [2.05, 4.69) is 34.7 Å². The molecule has 0 spiro atoms. The minimum absolute atomic E-state index is 0.00120. The summed E-state index contributed by atoms with van der Waals surface area (Å²) in [7, 11) is 0. The molecule has 0 unspecified atom stereocenters. The van der Waals surface area contributed by atoms with E-state index >= 15 is 0 Å². The molecule has 27 heavy (non-hydrogen) atoms. The standard InChI is InChI=1S/C21H24BrFN2O2/c1-15-12-25(21(26)14-27-20-9-5-18(22)6-10-20)16(2)11-24(15)13-17-3-7-19(23)8-4-17/h3-10,15-16H,11-14H2,1-2H3/t15-,16+/m1/s1. The minimum atomic E-state index is -0.221. The van der Waals surface area contributed by atoms with Gasteiger partial charge in [-0.3, -0.25) is 9.69 Å². The Morgan fingerprint density at radius 2 is 1.74 bits per heavy atom. The number of hydrogen-bond acceptors (Lipinski definition) is 3. The van der Waals surface area contributed by atoms with Crippen LogP contribution in [0.1, 0.15) is 19.4 Å². The fourth-order valence-corrected chi connectivity index (χ4v) is 3.61. The van der Waals surface area contributed by atoms with Gasteiger partial charge in [-0.25, -0.2) is 4.39 Å². The number of halogens is 2. The van der Waals surface area contributed by atoms with Crippen LogP contribution in [0.25, 0.3) is 0 Å². The Hall–Kier alpha value is -1.92. The number of carbonyl (C=O) groups is 1. The highest BCUT2D eigenvalue weighted by atomic mass is 79.9. The Morgan fingerprint density at radius 1 is 1.07 bits per heavy atom. The van der Waals surface area contributed by atoms with Crippen LogP contribution in [-0.2, 0) is 11.3 Å². The van der Waals surface area contributed by atoms with Crippen molar-refractivity contribution in [1.82, 2.24) is 9.80 Å². The van der Waals surface area contributed by atoms with Gasteiger partial charge in [-0.05, 0) is 55.8 Å². The summed E-state index contributed by atoms with van der Waals surface area (Å²) in [5.74, 6) is 0.460. The third-order valence-electron chi connectivity index (χ3n) is 4.91. The summed E-state index contributed by atoms with van der Waals surface area (Å²) in [5.41, 5.74) is 1.08. The van der Waals surface area contributed by atoms with E-state index in [1.807, 2.05) is 41.3 Å². The van der Waals surface area contributed by atoms with Crippen molar-refractivity contribution in [3.8, 4) is 5.75 Å². The van der Waals surface area contributed by atoms with Crippen LogP contribution >= 0.6 is 15.9 Å². The molecular formula is C21H24BrFN2O2. The van der Waals surface area contributed by atoms with Crippen LogP contribution in [0.2, 0.25) is 0 Å². The Labute approximate surface area is 168 Å². The summed E-state index contributed by atoms with van der Waals surface area (Å²) >= 11 is 3.38. The zero-order chi connectivity index (χ0) is 19.4. The Balaban J connectivity index is 1.54. The molecule has 0 N–H and O–H groups in total. The van der Waals surface area contributed by atoms with E-state index in [4.69, 9.17) is 4.74 Å². The Morgan fingerprint density at radius 3 is 2.41 bits per heavy atom. The third-order valence-corrected chi connectivity index (χ3v) is 5.44. The molecule has 0 aliphatic carbocycles. The van der Waals surface area contributed by atoms with Gasteiger partial charge in [0.2, 0.25) is 0 Å². The highest BCUT2D eigenvalue weighted by Crippen LogP contribution is 2.20. The number of carbonyl (C=O) groups excluding carboxylic acids is 1. The number of rotatable bonds is 5. The molecule has 0 aromatic heterocycles. The molecule has 144 valence electrons. The van der Waals surface area contributed by atoms with Crippen LogP contribution in [0.5, 0.6) is 5.75 Å². The molecular weight excluding hydrogens is 411 g/mol. The number of piperazine rings is 1. The predicted octanol–water partition coefficient (Wildman–Crippen LogP) is 4.09. The van der Waals surface area contributed by atoms with Crippen LogP contribution in [0, 0.1) is 5.82 Å². The summed E-state index contributed by atoms with van der Waals surface area (Å²) in [5, 5.41) is 0. The van der Waals surface area contributed by atoms with Gasteiger partial charge >= 0.3 is 0 Å². The molecule has 2 aromatic carbocycles. The molecule has 1 saturated heterocycles. The molecule has 0 radical (unpaired) electrons. The molecule has 1 aliphatic heterocycles. The van der Waals surface area contributed by atoms with Crippen LogP contribution in [0.15, 0.2) is 53.0 Å². The molecule has 2 aromatic rings. The van der Waals surface area contributed by atoms with Gasteiger partial charge in [-0.2, -0.15) is 0 Å². The van der Waals surface area contributed by atoms with Crippen molar-refractivity contribution in [2.75, 3.05) is 19.7 Å². The first-order chi connectivity index (χ1) is 12.9. The van der Waals surface area contributed by atoms with E-state index < -0.39 is 0 Å². The zero-order valence-electron chi connectivity index (χ0n) is 15.6. The van der Waals surface area contributed by atoms with E-state index in [1.54, 1.807) is 0 Å². The van der Waals surface area contributed by atoms with Crippen molar-refractivity contribution in [3.63, 3.8) is 0 Å². The van der Waals surface area contributed by atoms with Gasteiger partial charge in [0.15, 0.2) is 6.61 Å². The number of nitrogens with zero attached hydrogens (tertiary/aromatic N) is 2. The number of benzene rings is 2. The van der Waals surface area contributed by atoms with Gasteiger partial charge in [0, 0.05) is 36.2 Å². The van der Waals surface area contributed by atoms with E-state index in [0.29, 0.717) is 12.3 Å². The summed E-state index contributed by atoms with van der Waals surface area (Å²) in [6, 6.07) is 14.4. The monoisotopic (exact) mass is 434 g/mol. The average Bonchev–Trinajstić information content (AvgIpc) is 2.65. The maximum Gasteiger partial charge on any atom is 0.260 e. The molecule has 1 aliphatic rings. The SMILES string of the molecule is C[C@@H]1CN(C(=O)COc2ccc(Br)cc2)[C@@H](C)CN1Cc1ccc(F)cc1. The van der Waals surface area contributed by atoms with Crippen LogP contribution < -0.4 is 4.74 Å². The van der Waals surface area contributed by atoms with E-state index in [1.165, 1.54) is 12.1 Å². The fourth-order valence-electron chi connectivity index (χ4n) is 3.35. The average molecular weight is 435 g/mol. The van der Waals surface area contributed by atoms with Crippen molar-refractivity contribution < 1.29 is 13.9 Å². The van der Waals surface area contributed by atoms with Crippen molar-refractivity contribution in [2.24, 2.45) is 0 Å². The summed E-state index contributed by atoms with van der Waals surface area (Å²) in [4.78, 5) is 16.9. The Bertz CT molecular complexity index is 767. The van der Waals surface area contributed by atoms with Gasteiger partial charge < -0.3 is 9.64 Å². The first-order valence-corrected chi connectivity index (χ1v) is 9.88. The van der Waals surface area contributed by atoms with Gasteiger partial charge in [-0.1, -0.05) is 28.1 Å². The molecule has 4 nitrogen and oxygen atoms in total. The van der Waals surface area contributed by atoms with Crippen molar-refractivity contribution >= 4 is 21.8 Å². The lowest BCUT2D eigenvalue weighted by atomic mass is 10.1. The van der Waals surface area contributed by atoms with Gasteiger partial charge in [-0.15, -0.1) is 0 Å². The van der Waals surface area contributed by atoms with Gasteiger partial charge in [0.25, 0.3) is 5.91 Å². The second kappa shape index (κ2) is 8.85. The molecule has 1 heterocycles. The summed E-state index contributed by atoms with van der Waals surface area (Å²) in [6.07, 6.45) is 0. The van der Waals surface area contributed by atoms with E-state index in [-0.39, 0.29) is 30.4 Å². The molecule has 0 saturated carbocycles. The third kappa shape index (κ3) is 5.30. The van der Waals surface area contributed by atoms with Crippen molar-refractivity contribution in [2.45, 2.75) is 32.5 Å². The Kier molecular flexibility index (Phi) is 6.50. The molecule has 0 bridgehead atoms. The van der Waals surface area contributed by atoms with E-state index in [0.717, 1.165) is 23.1 Å². The minimum Gasteiger partial charge on any atom is -0.484 e. The maximum absolute atomic E-state index is 13.1. The lowest BCUT2D eigenvalue weighted by Gasteiger charge is -2.44. The highest BCUT2D eigenvalue weighted by molar-refractivity contribution is 9.10. The fraction of sp³-hybridized carbons (Fsp3) is 0.381. The largest absolute Gasteiger partial charge is 0.484 e. The quantitative estimate of drug-likeness (QED) is 0.710. The first-order valence-electron chi connectivity index (χ1n) is 9.08. The zero-order valence-corrected chi connectivity index (χ0v) is 17.2. The van der Waals surface area contributed by atoms with Crippen LogP contribution in [0.4, 0.5) is 4.39 Å². The summed E-state index contributed by atoms with van der Waals surface area (Å²) < 4.78 is 19.7. The lowest BCUT2D eigenvalue weighted by molar-refractivity contribution is -0.139. The van der Waals surface area contributed by atoms with Crippen LogP contribution in [0.3, 0.4) is 0 Å². The van der Waals surface area contributed by atoms with Crippen molar-refractivity contribution in [1.29, 1.82) is 0 Å². The van der Waals surface area contributed by atoms with E-state index in [9.17, 15) is 9.18 Å². The van der Waals surface area contributed by atoms with Crippen molar-refractivity contribution in [3.05, 3.63) is 64.4 Å². The normalized spacial score (nSPS) is 20.5. The molecule has 1 fully saturated rings. The van der Waals surface area contributed by atoms with Crippen LogP contribution in [-0.4, -0.2) is 47.5 Å². The molecule has 6 heteroatoms. The topological polar surface area (TPSA) is 32.8 Å². The summed E-state index contributed by atoms with van der Waals surface area (Å²) in [6.45, 7) is 6.40. The number of ether oxygens (including phenoxy) is 1. The predicted molar refractivity (Wildman–Crippen MR) is 107 cm³/mol. The molecule has 3 rings (SSSR count). The number of hydrogen-bond donors (Lipinski definition) is 0. The second-order valence-corrected chi connectivity index (χ2v) is 7.96. The van der Waals surface area contributed by atoms with Gasteiger partial charge in [0.05, 0.1) is 0 Å².